The Kier molecular flexibility index (Phi) is 12.8. The maximum absolute atomic E-state index is 12.7. The van der Waals surface area contributed by atoms with Gasteiger partial charge < -0.3 is 31.4 Å². The normalized spacial score (nSPS) is 18.6. The summed E-state index contributed by atoms with van der Waals surface area (Å²) in [5.74, 6) is -0.524. The van der Waals surface area contributed by atoms with Crippen molar-refractivity contribution in [1.29, 1.82) is 0 Å². The molecule has 7 N–H and O–H groups in total. The van der Waals surface area contributed by atoms with E-state index in [1.165, 1.54) is 6.42 Å². The molecule has 0 radical (unpaired) electrons. The van der Waals surface area contributed by atoms with Gasteiger partial charge in [0.15, 0.2) is 0 Å². The van der Waals surface area contributed by atoms with Crippen LogP contribution in [0.15, 0.2) is 30.3 Å². The molecule has 9 nitrogen and oxygen atoms in total. The second-order valence-corrected chi connectivity index (χ2v) is 12.0. The van der Waals surface area contributed by atoms with Gasteiger partial charge in [-0.05, 0) is 43.7 Å². The molecule has 1 aliphatic rings. The van der Waals surface area contributed by atoms with Gasteiger partial charge in [0.2, 0.25) is 19.2 Å². The molecule has 1 unspecified atom stereocenters. The number of rotatable bonds is 12. The lowest BCUT2D eigenvalue weighted by Gasteiger charge is -2.26. The fourth-order valence-corrected chi connectivity index (χ4v) is 6.34. The van der Waals surface area contributed by atoms with Gasteiger partial charge in [0, 0.05) is 18.4 Å². The Bertz CT molecular complexity index is 801. The standard InChI is InChI=1S/C24H40N3O5P.H2O/c1-17(2)22(27-20-12-8-5-9-13-20)24(30)26-18(3)23(29)25-14-21(28)16-33(31,32)15-19-10-6-4-7-11-19;/h5,8-9,12-13,17-19,21-22,27-28H,4,6-7,10-11,14-16H2,1-3H3,(H,25,29)(H,26,30)(H,31,32);1H2/t18-,21+,22-;/m0./s1. The molecule has 4 atom stereocenters. The summed E-state index contributed by atoms with van der Waals surface area (Å²) in [5.41, 5.74) is 0.813. The zero-order chi connectivity index (χ0) is 24.4. The highest BCUT2D eigenvalue weighted by Crippen LogP contribution is 2.45. The van der Waals surface area contributed by atoms with Crippen LogP contribution in [0.2, 0.25) is 0 Å². The van der Waals surface area contributed by atoms with Gasteiger partial charge in [0.1, 0.15) is 12.1 Å². The molecule has 1 aromatic carbocycles. The first-order valence-electron chi connectivity index (χ1n) is 12.0. The highest BCUT2D eigenvalue weighted by Gasteiger charge is 2.29. The predicted octanol–water partition coefficient (Wildman–Crippen LogP) is 2.13. The third kappa shape index (κ3) is 10.6. The van der Waals surface area contributed by atoms with Crippen molar-refractivity contribution in [3.63, 3.8) is 0 Å². The summed E-state index contributed by atoms with van der Waals surface area (Å²) in [7, 11) is -3.46. The summed E-state index contributed by atoms with van der Waals surface area (Å²) in [6, 6.07) is 8.05. The molecule has 1 aliphatic carbocycles. The van der Waals surface area contributed by atoms with Crippen LogP contribution in [0, 0.1) is 11.8 Å². The van der Waals surface area contributed by atoms with Crippen LogP contribution in [0.3, 0.4) is 0 Å². The van der Waals surface area contributed by atoms with Crippen molar-refractivity contribution in [3.8, 4) is 0 Å². The van der Waals surface area contributed by atoms with E-state index in [2.05, 4.69) is 16.0 Å². The predicted molar refractivity (Wildman–Crippen MR) is 135 cm³/mol. The van der Waals surface area contributed by atoms with E-state index in [-0.39, 0.29) is 42.1 Å². The van der Waals surface area contributed by atoms with Crippen LogP contribution in [0.25, 0.3) is 0 Å². The highest BCUT2D eigenvalue weighted by atomic mass is 31.2. The lowest BCUT2D eigenvalue weighted by atomic mass is 9.91. The molecule has 0 spiro atoms. The third-order valence-electron chi connectivity index (χ3n) is 6.07. The molecule has 10 heteroatoms. The maximum Gasteiger partial charge on any atom is 0.243 e. The summed E-state index contributed by atoms with van der Waals surface area (Å²) >= 11 is 0. The number of aliphatic hydroxyl groups excluding tert-OH is 1. The molecule has 1 fully saturated rings. The monoisotopic (exact) mass is 499 g/mol. The van der Waals surface area contributed by atoms with Gasteiger partial charge in [-0.25, -0.2) is 0 Å². The summed E-state index contributed by atoms with van der Waals surface area (Å²) in [5, 5.41) is 18.7. The Hall–Kier alpha value is -1.93. The molecular formula is C24H42N3O6P. The zero-order valence-electron chi connectivity index (χ0n) is 20.5. The zero-order valence-corrected chi connectivity index (χ0v) is 21.4. The molecule has 0 aromatic heterocycles. The number of para-hydroxylation sites is 1. The van der Waals surface area contributed by atoms with Crippen molar-refractivity contribution in [2.45, 2.75) is 71.1 Å². The van der Waals surface area contributed by atoms with Gasteiger partial charge in [0.25, 0.3) is 0 Å². The fraction of sp³-hybridized carbons (Fsp3) is 0.667. The van der Waals surface area contributed by atoms with Crippen LogP contribution in [-0.4, -0.2) is 64.3 Å². The van der Waals surface area contributed by atoms with E-state index in [0.29, 0.717) is 0 Å². The van der Waals surface area contributed by atoms with Gasteiger partial charge in [-0.2, -0.15) is 0 Å². The summed E-state index contributed by atoms with van der Waals surface area (Å²) in [6.45, 7) is 5.27. The second kappa shape index (κ2) is 14.5. The quantitative estimate of drug-likeness (QED) is 0.277. The maximum atomic E-state index is 12.7. The lowest BCUT2D eigenvalue weighted by molar-refractivity contribution is -0.129. The van der Waals surface area contributed by atoms with Crippen LogP contribution in [-0.2, 0) is 14.2 Å². The van der Waals surface area contributed by atoms with Crippen LogP contribution < -0.4 is 16.0 Å². The Morgan fingerprint density at radius 3 is 2.26 bits per heavy atom. The molecule has 0 heterocycles. The average molecular weight is 500 g/mol. The minimum Gasteiger partial charge on any atom is -0.412 e. The second-order valence-electron chi connectivity index (χ2n) is 9.58. The van der Waals surface area contributed by atoms with E-state index in [9.17, 15) is 24.2 Å². The summed E-state index contributed by atoms with van der Waals surface area (Å²) in [6.07, 6.45) is 4.17. The van der Waals surface area contributed by atoms with Crippen LogP contribution >= 0.6 is 7.37 Å². The first-order valence-corrected chi connectivity index (χ1v) is 14.0. The molecule has 1 aromatic rings. The number of hydrogen-bond donors (Lipinski definition) is 5. The lowest BCUT2D eigenvalue weighted by Crippen LogP contribution is -2.52. The first-order chi connectivity index (χ1) is 15.6. The first kappa shape index (κ1) is 30.1. The van der Waals surface area contributed by atoms with Gasteiger partial charge in [0.05, 0.1) is 12.3 Å². The van der Waals surface area contributed by atoms with E-state index in [1.54, 1.807) is 6.92 Å². The van der Waals surface area contributed by atoms with Crippen LogP contribution in [0.4, 0.5) is 5.69 Å². The van der Waals surface area contributed by atoms with E-state index in [0.717, 1.165) is 31.4 Å². The Labute approximate surface area is 202 Å². The van der Waals surface area contributed by atoms with Gasteiger partial charge in [-0.1, -0.05) is 51.3 Å². The van der Waals surface area contributed by atoms with Gasteiger partial charge >= 0.3 is 0 Å². The smallest absolute Gasteiger partial charge is 0.243 e. The van der Waals surface area contributed by atoms with Gasteiger partial charge in [-0.15, -0.1) is 0 Å². The Morgan fingerprint density at radius 2 is 1.68 bits per heavy atom. The van der Waals surface area contributed by atoms with E-state index >= 15 is 0 Å². The molecule has 34 heavy (non-hydrogen) atoms. The van der Waals surface area contributed by atoms with Crippen molar-refractivity contribution in [3.05, 3.63) is 30.3 Å². The number of aliphatic hydroxyl groups is 1. The molecular weight excluding hydrogens is 457 g/mol. The highest BCUT2D eigenvalue weighted by molar-refractivity contribution is 7.58. The fourth-order valence-electron chi connectivity index (χ4n) is 4.23. The molecule has 2 amide bonds. The van der Waals surface area contributed by atoms with Crippen molar-refractivity contribution < 1.29 is 29.6 Å². The van der Waals surface area contributed by atoms with E-state index < -0.39 is 31.5 Å². The largest absolute Gasteiger partial charge is 0.412 e. The molecule has 1 saturated carbocycles. The van der Waals surface area contributed by atoms with Crippen molar-refractivity contribution in [1.82, 2.24) is 10.6 Å². The van der Waals surface area contributed by atoms with E-state index in [1.807, 2.05) is 44.2 Å². The third-order valence-corrected chi connectivity index (χ3v) is 8.15. The molecule has 194 valence electrons. The van der Waals surface area contributed by atoms with Gasteiger partial charge in [-0.3, -0.25) is 14.2 Å². The van der Waals surface area contributed by atoms with E-state index in [4.69, 9.17) is 0 Å². The number of carbonyl (C=O) groups excluding carboxylic acids is 2. The molecule has 0 bridgehead atoms. The number of amides is 2. The van der Waals surface area contributed by atoms with Crippen molar-refractivity contribution in [2.75, 3.05) is 24.2 Å². The number of anilines is 1. The summed E-state index contributed by atoms with van der Waals surface area (Å²) < 4.78 is 12.5. The van der Waals surface area contributed by atoms with Crippen LogP contribution in [0.1, 0.15) is 52.9 Å². The van der Waals surface area contributed by atoms with Crippen molar-refractivity contribution >= 4 is 24.9 Å². The number of carbonyl (C=O) groups is 2. The topological polar surface area (TPSA) is 159 Å². The Morgan fingerprint density at radius 1 is 1.06 bits per heavy atom. The average Bonchev–Trinajstić information content (AvgIpc) is 2.76. The number of benzene rings is 1. The SMILES string of the molecule is CC(C)[C@H](Nc1ccccc1)C(=O)N[C@@H](C)C(=O)NC[C@@H](O)CP(=O)(O)CC1CCCCC1.O. The molecule has 2 rings (SSSR count). The van der Waals surface area contributed by atoms with Crippen molar-refractivity contribution in [2.24, 2.45) is 11.8 Å². The number of nitrogens with one attached hydrogen (secondary N) is 3. The van der Waals surface area contributed by atoms with Crippen LogP contribution in [0.5, 0.6) is 0 Å². The minimum atomic E-state index is -3.46. The molecule has 0 aliphatic heterocycles. The minimum absolute atomic E-state index is 0. The Balaban J connectivity index is 0.00000578. The molecule has 0 saturated heterocycles. The summed E-state index contributed by atoms with van der Waals surface area (Å²) in [4.78, 5) is 35.5. The number of hydrogen-bond acceptors (Lipinski definition) is 5.